The molecule has 1 saturated heterocycles. The van der Waals surface area contributed by atoms with E-state index >= 15 is 0 Å². The van der Waals surface area contributed by atoms with Crippen LogP contribution in [0.15, 0.2) is 24.4 Å². The molecule has 1 aromatic carbocycles. The molecule has 2 heterocycles. The van der Waals surface area contributed by atoms with Gasteiger partial charge in [-0.1, -0.05) is 12.8 Å². The molecule has 1 atom stereocenters. The molecular weight excluding hydrogens is 262 g/mol. The summed E-state index contributed by atoms with van der Waals surface area (Å²) in [4.78, 5) is 2.66. The van der Waals surface area contributed by atoms with Crippen molar-refractivity contribution in [1.29, 1.82) is 0 Å². The van der Waals surface area contributed by atoms with Crippen molar-refractivity contribution in [2.75, 3.05) is 13.1 Å². The molecule has 21 heavy (non-hydrogen) atoms. The molecule has 0 radical (unpaired) electrons. The van der Waals surface area contributed by atoms with Gasteiger partial charge in [0.05, 0.1) is 11.7 Å². The first-order chi connectivity index (χ1) is 10.4. The molecule has 4 nitrogen and oxygen atoms in total. The van der Waals surface area contributed by atoms with Gasteiger partial charge in [-0.25, -0.2) is 0 Å². The van der Waals surface area contributed by atoms with Crippen LogP contribution in [0.3, 0.4) is 0 Å². The van der Waals surface area contributed by atoms with Crippen LogP contribution in [-0.2, 0) is 0 Å². The molecule has 2 aromatic rings. The molecule has 2 aliphatic rings. The summed E-state index contributed by atoms with van der Waals surface area (Å²) in [5.74, 6) is 0.974. The molecule has 4 rings (SSSR count). The second-order valence-electron chi connectivity index (χ2n) is 6.43. The average Bonchev–Trinajstić information content (AvgIpc) is 3.18. The highest BCUT2D eigenvalue weighted by molar-refractivity contribution is 5.79. The summed E-state index contributed by atoms with van der Waals surface area (Å²) in [6.45, 7) is 2.35. The third-order valence-corrected chi connectivity index (χ3v) is 4.97. The number of ether oxygens (including phenoxy) is 1. The predicted molar refractivity (Wildman–Crippen MR) is 83.6 cm³/mol. The van der Waals surface area contributed by atoms with Crippen LogP contribution in [0.5, 0.6) is 5.75 Å². The molecule has 1 aromatic heterocycles. The Labute approximate surface area is 125 Å². The Balaban J connectivity index is 1.43. The lowest BCUT2D eigenvalue weighted by Crippen LogP contribution is -2.45. The van der Waals surface area contributed by atoms with Gasteiger partial charge in [0, 0.05) is 18.0 Å². The van der Waals surface area contributed by atoms with Crippen LogP contribution < -0.4 is 4.74 Å². The van der Waals surface area contributed by atoms with Crippen LogP contribution in [-0.4, -0.2) is 40.3 Å². The van der Waals surface area contributed by atoms with E-state index in [1.54, 1.807) is 0 Å². The van der Waals surface area contributed by atoms with E-state index in [1.165, 1.54) is 45.1 Å². The van der Waals surface area contributed by atoms with E-state index < -0.39 is 0 Å². The third-order valence-electron chi connectivity index (χ3n) is 4.97. The van der Waals surface area contributed by atoms with Crippen molar-refractivity contribution in [3.8, 4) is 5.75 Å². The van der Waals surface area contributed by atoms with Crippen LogP contribution in [0.1, 0.15) is 38.5 Å². The predicted octanol–water partition coefficient (Wildman–Crippen LogP) is 3.35. The van der Waals surface area contributed by atoms with E-state index in [9.17, 15) is 0 Å². The van der Waals surface area contributed by atoms with Crippen molar-refractivity contribution < 1.29 is 4.74 Å². The SMILES string of the molecule is c1cc2[nH]ncc2cc1OC1CCCN(C2CCCC2)C1. The Morgan fingerprint density at radius 3 is 2.95 bits per heavy atom. The molecule has 0 amide bonds. The van der Waals surface area contributed by atoms with Crippen molar-refractivity contribution in [3.05, 3.63) is 24.4 Å². The highest BCUT2D eigenvalue weighted by atomic mass is 16.5. The van der Waals surface area contributed by atoms with Gasteiger partial charge in [0.2, 0.25) is 0 Å². The maximum absolute atomic E-state index is 6.24. The minimum atomic E-state index is 0.337. The number of likely N-dealkylation sites (tertiary alicyclic amines) is 1. The molecule has 1 N–H and O–H groups in total. The molecular formula is C17H23N3O. The Morgan fingerprint density at radius 1 is 1.14 bits per heavy atom. The minimum absolute atomic E-state index is 0.337. The molecule has 112 valence electrons. The van der Waals surface area contributed by atoms with Gasteiger partial charge < -0.3 is 4.74 Å². The smallest absolute Gasteiger partial charge is 0.120 e. The summed E-state index contributed by atoms with van der Waals surface area (Å²) in [6, 6.07) is 7.00. The van der Waals surface area contributed by atoms with Crippen molar-refractivity contribution in [3.63, 3.8) is 0 Å². The highest BCUT2D eigenvalue weighted by Crippen LogP contribution is 2.28. The summed E-state index contributed by atoms with van der Waals surface area (Å²) in [7, 11) is 0. The van der Waals surface area contributed by atoms with E-state index in [4.69, 9.17) is 4.74 Å². The fourth-order valence-electron chi connectivity index (χ4n) is 3.85. The van der Waals surface area contributed by atoms with E-state index in [-0.39, 0.29) is 0 Å². The standard InChI is InChI=1S/C17H23N3O/c1-2-5-14(4-1)20-9-3-6-16(12-20)21-15-7-8-17-13(10-15)11-18-19-17/h7-8,10-11,14,16H,1-6,9,12H2,(H,18,19). The lowest BCUT2D eigenvalue weighted by Gasteiger charge is -2.36. The first-order valence-corrected chi connectivity index (χ1v) is 8.22. The lowest BCUT2D eigenvalue weighted by atomic mass is 10.0. The number of nitrogens with one attached hydrogen (secondary N) is 1. The molecule has 0 bridgehead atoms. The molecule has 0 spiro atoms. The van der Waals surface area contributed by atoms with Gasteiger partial charge in [-0.05, 0) is 50.4 Å². The van der Waals surface area contributed by atoms with Crippen LogP contribution in [0, 0.1) is 0 Å². The maximum Gasteiger partial charge on any atom is 0.120 e. The summed E-state index contributed by atoms with van der Waals surface area (Å²) >= 11 is 0. The number of H-pyrrole nitrogens is 1. The monoisotopic (exact) mass is 285 g/mol. The van der Waals surface area contributed by atoms with E-state index in [1.807, 2.05) is 6.20 Å². The highest BCUT2D eigenvalue weighted by Gasteiger charge is 2.28. The number of benzene rings is 1. The van der Waals surface area contributed by atoms with Gasteiger partial charge in [0.1, 0.15) is 11.9 Å². The third kappa shape index (κ3) is 2.77. The summed E-state index contributed by atoms with van der Waals surface area (Å²) in [6.07, 6.45) is 10.2. The zero-order valence-electron chi connectivity index (χ0n) is 12.4. The zero-order valence-corrected chi connectivity index (χ0v) is 12.4. The quantitative estimate of drug-likeness (QED) is 0.940. The van der Waals surface area contributed by atoms with E-state index in [2.05, 4.69) is 33.3 Å². The van der Waals surface area contributed by atoms with E-state index in [0.29, 0.717) is 6.10 Å². The van der Waals surface area contributed by atoms with Crippen molar-refractivity contribution in [2.24, 2.45) is 0 Å². The van der Waals surface area contributed by atoms with Gasteiger partial charge in [-0.15, -0.1) is 0 Å². The Morgan fingerprint density at radius 2 is 2.05 bits per heavy atom. The zero-order chi connectivity index (χ0) is 14.1. The maximum atomic E-state index is 6.24. The first kappa shape index (κ1) is 13.1. The molecule has 2 fully saturated rings. The fourth-order valence-corrected chi connectivity index (χ4v) is 3.85. The summed E-state index contributed by atoms with van der Waals surface area (Å²) in [5.41, 5.74) is 1.07. The minimum Gasteiger partial charge on any atom is -0.489 e. The number of fused-ring (bicyclic) bond motifs is 1. The van der Waals surface area contributed by atoms with Gasteiger partial charge in [0.25, 0.3) is 0 Å². The summed E-state index contributed by atoms with van der Waals surface area (Å²) < 4.78 is 6.24. The average molecular weight is 285 g/mol. The molecule has 4 heteroatoms. The molecule has 1 aliphatic heterocycles. The topological polar surface area (TPSA) is 41.1 Å². The molecule has 1 aliphatic carbocycles. The number of aromatic nitrogens is 2. The normalized spacial score (nSPS) is 24.7. The number of nitrogens with zero attached hydrogens (tertiary/aromatic N) is 2. The molecule has 1 saturated carbocycles. The Kier molecular flexibility index (Phi) is 3.55. The summed E-state index contributed by atoms with van der Waals surface area (Å²) in [5, 5.41) is 8.17. The van der Waals surface area contributed by atoms with Gasteiger partial charge in [0.15, 0.2) is 0 Å². The lowest BCUT2D eigenvalue weighted by molar-refractivity contribution is 0.0630. The van der Waals surface area contributed by atoms with Gasteiger partial charge in [-0.2, -0.15) is 5.10 Å². The van der Waals surface area contributed by atoms with Crippen molar-refractivity contribution >= 4 is 10.9 Å². The van der Waals surface area contributed by atoms with Crippen molar-refractivity contribution in [1.82, 2.24) is 15.1 Å². The van der Waals surface area contributed by atoms with Crippen LogP contribution in [0.4, 0.5) is 0 Å². The van der Waals surface area contributed by atoms with Crippen LogP contribution >= 0.6 is 0 Å². The number of aromatic amines is 1. The second-order valence-corrected chi connectivity index (χ2v) is 6.43. The number of rotatable bonds is 3. The second kappa shape index (κ2) is 5.68. The largest absolute Gasteiger partial charge is 0.489 e. The Bertz CT molecular complexity index is 603. The van der Waals surface area contributed by atoms with Crippen molar-refractivity contribution in [2.45, 2.75) is 50.7 Å². The van der Waals surface area contributed by atoms with Crippen LogP contribution in [0.2, 0.25) is 0 Å². The Hall–Kier alpha value is -1.55. The first-order valence-electron chi connectivity index (χ1n) is 8.22. The number of hydrogen-bond donors (Lipinski definition) is 1. The molecule has 1 unspecified atom stereocenters. The fraction of sp³-hybridized carbons (Fsp3) is 0.588. The number of piperidine rings is 1. The van der Waals surface area contributed by atoms with Gasteiger partial charge in [-0.3, -0.25) is 10.00 Å². The number of hydrogen-bond acceptors (Lipinski definition) is 3. The van der Waals surface area contributed by atoms with E-state index in [0.717, 1.165) is 29.2 Å². The van der Waals surface area contributed by atoms with Gasteiger partial charge >= 0.3 is 0 Å². The van der Waals surface area contributed by atoms with Crippen LogP contribution in [0.25, 0.3) is 10.9 Å².